The standard InChI is InChI=1S/C17H20N4O/c1-13(2)21(12-16-8-5-9-20(16)3)17(22)19-15-7-4-6-14(10-15)11-18/h4-10,13H,12H2,1-3H3,(H,19,22). The van der Waals surface area contributed by atoms with E-state index in [1.54, 1.807) is 29.2 Å². The maximum Gasteiger partial charge on any atom is 0.322 e. The molecule has 1 aromatic carbocycles. The molecule has 114 valence electrons. The molecule has 0 bridgehead atoms. The highest BCUT2D eigenvalue weighted by Gasteiger charge is 2.18. The van der Waals surface area contributed by atoms with Gasteiger partial charge in [0.1, 0.15) is 0 Å². The number of hydrogen-bond donors (Lipinski definition) is 1. The first-order valence-electron chi connectivity index (χ1n) is 7.19. The van der Waals surface area contributed by atoms with Gasteiger partial charge in [-0.2, -0.15) is 5.26 Å². The van der Waals surface area contributed by atoms with E-state index in [0.717, 1.165) is 5.69 Å². The Balaban J connectivity index is 2.13. The molecule has 0 saturated carbocycles. The molecule has 0 aliphatic carbocycles. The molecule has 0 unspecified atom stereocenters. The van der Waals surface area contributed by atoms with Crippen LogP contribution in [-0.4, -0.2) is 21.5 Å². The van der Waals surface area contributed by atoms with Crippen molar-refractivity contribution in [3.05, 3.63) is 53.9 Å². The summed E-state index contributed by atoms with van der Waals surface area (Å²) in [7, 11) is 1.96. The molecule has 0 saturated heterocycles. The van der Waals surface area contributed by atoms with E-state index in [1.165, 1.54) is 0 Å². The van der Waals surface area contributed by atoms with Crippen molar-refractivity contribution < 1.29 is 4.79 Å². The van der Waals surface area contributed by atoms with Crippen molar-refractivity contribution in [2.45, 2.75) is 26.4 Å². The molecule has 1 N–H and O–H groups in total. The lowest BCUT2D eigenvalue weighted by Gasteiger charge is -2.27. The molecule has 2 rings (SSSR count). The SMILES string of the molecule is CC(C)N(Cc1cccn1C)C(=O)Nc1cccc(C#N)c1. The Bertz CT molecular complexity index is 697. The second-order valence-corrected chi connectivity index (χ2v) is 5.45. The first-order chi connectivity index (χ1) is 10.5. The highest BCUT2D eigenvalue weighted by Crippen LogP contribution is 2.14. The topological polar surface area (TPSA) is 61.1 Å². The third-order valence-corrected chi connectivity index (χ3v) is 3.51. The van der Waals surface area contributed by atoms with Gasteiger partial charge in [-0.05, 0) is 44.2 Å². The molecule has 5 nitrogen and oxygen atoms in total. The number of nitriles is 1. The number of aryl methyl sites for hydroxylation is 1. The fraction of sp³-hybridized carbons (Fsp3) is 0.294. The van der Waals surface area contributed by atoms with Crippen LogP contribution in [0.25, 0.3) is 0 Å². The molecule has 1 heterocycles. The minimum Gasteiger partial charge on any atom is -0.353 e. The van der Waals surface area contributed by atoms with Crippen LogP contribution in [0.1, 0.15) is 25.1 Å². The molecule has 0 fully saturated rings. The van der Waals surface area contributed by atoms with Gasteiger partial charge in [-0.1, -0.05) is 6.07 Å². The lowest BCUT2D eigenvalue weighted by Crippen LogP contribution is -2.39. The third kappa shape index (κ3) is 3.67. The van der Waals surface area contributed by atoms with Crippen LogP contribution >= 0.6 is 0 Å². The molecule has 0 radical (unpaired) electrons. The highest BCUT2D eigenvalue weighted by atomic mass is 16.2. The second-order valence-electron chi connectivity index (χ2n) is 5.45. The van der Waals surface area contributed by atoms with E-state index in [2.05, 4.69) is 11.4 Å². The van der Waals surface area contributed by atoms with Gasteiger partial charge in [0, 0.05) is 30.7 Å². The number of rotatable bonds is 4. The average Bonchev–Trinajstić information content (AvgIpc) is 2.89. The first kappa shape index (κ1) is 15.6. The quantitative estimate of drug-likeness (QED) is 0.940. The fourth-order valence-corrected chi connectivity index (χ4v) is 2.19. The number of aromatic nitrogens is 1. The molecular weight excluding hydrogens is 276 g/mol. The maximum atomic E-state index is 12.5. The van der Waals surface area contributed by atoms with Gasteiger partial charge in [0.25, 0.3) is 0 Å². The molecule has 2 aromatic rings. The van der Waals surface area contributed by atoms with Crippen LogP contribution in [0.5, 0.6) is 0 Å². The fourth-order valence-electron chi connectivity index (χ4n) is 2.19. The molecule has 0 aliphatic heterocycles. The van der Waals surface area contributed by atoms with Gasteiger partial charge < -0.3 is 14.8 Å². The Hall–Kier alpha value is -2.74. The molecule has 5 heteroatoms. The van der Waals surface area contributed by atoms with Gasteiger partial charge in [-0.3, -0.25) is 0 Å². The largest absolute Gasteiger partial charge is 0.353 e. The summed E-state index contributed by atoms with van der Waals surface area (Å²) in [4.78, 5) is 14.3. The van der Waals surface area contributed by atoms with Gasteiger partial charge in [0.2, 0.25) is 0 Å². The zero-order valence-corrected chi connectivity index (χ0v) is 13.1. The molecule has 0 atom stereocenters. The number of anilines is 1. The molecule has 1 aromatic heterocycles. The van der Waals surface area contributed by atoms with Gasteiger partial charge in [-0.25, -0.2) is 4.79 Å². The molecule has 22 heavy (non-hydrogen) atoms. The van der Waals surface area contributed by atoms with Crippen molar-refractivity contribution in [1.82, 2.24) is 9.47 Å². The monoisotopic (exact) mass is 296 g/mol. The summed E-state index contributed by atoms with van der Waals surface area (Å²) in [6.45, 7) is 4.49. The van der Waals surface area contributed by atoms with Crippen LogP contribution in [-0.2, 0) is 13.6 Å². The zero-order valence-electron chi connectivity index (χ0n) is 13.1. The summed E-state index contributed by atoms with van der Waals surface area (Å²) in [5.41, 5.74) is 2.22. The Morgan fingerprint density at radius 1 is 1.36 bits per heavy atom. The van der Waals surface area contributed by atoms with Crippen molar-refractivity contribution in [2.75, 3.05) is 5.32 Å². The summed E-state index contributed by atoms with van der Waals surface area (Å²) in [6, 6.07) is 12.8. The number of urea groups is 1. The Morgan fingerprint density at radius 3 is 2.73 bits per heavy atom. The predicted molar refractivity (Wildman–Crippen MR) is 86.3 cm³/mol. The highest BCUT2D eigenvalue weighted by molar-refractivity contribution is 5.89. The van der Waals surface area contributed by atoms with Crippen molar-refractivity contribution >= 4 is 11.7 Å². The van der Waals surface area contributed by atoms with Crippen molar-refractivity contribution in [3.63, 3.8) is 0 Å². The number of carbonyl (C=O) groups is 1. The molecule has 0 spiro atoms. The average molecular weight is 296 g/mol. The zero-order chi connectivity index (χ0) is 16.1. The van der Waals surface area contributed by atoms with Gasteiger partial charge in [0.15, 0.2) is 0 Å². The Kier molecular flexibility index (Phi) is 4.84. The van der Waals surface area contributed by atoms with Crippen LogP contribution in [0.3, 0.4) is 0 Å². The second kappa shape index (κ2) is 6.81. The summed E-state index contributed by atoms with van der Waals surface area (Å²) >= 11 is 0. The van der Waals surface area contributed by atoms with E-state index >= 15 is 0 Å². The van der Waals surface area contributed by atoms with Crippen molar-refractivity contribution in [2.24, 2.45) is 7.05 Å². The van der Waals surface area contributed by atoms with E-state index in [0.29, 0.717) is 17.8 Å². The summed E-state index contributed by atoms with van der Waals surface area (Å²) < 4.78 is 2.00. The summed E-state index contributed by atoms with van der Waals surface area (Å²) in [5, 5.41) is 11.8. The van der Waals surface area contributed by atoms with E-state index in [1.807, 2.05) is 43.8 Å². The maximum absolute atomic E-state index is 12.5. The van der Waals surface area contributed by atoms with E-state index in [9.17, 15) is 4.79 Å². The number of nitrogens with zero attached hydrogens (tertiary/aromatic N) is 3. The lowest BCUT2D eigenvalue weighted by molar-refractivity contribution is 0.192. The van der Waals surface area contributed by atoms with Gasteiger partial charge in [0.05, 0.1) is 18.2 Å². The van der Waals surface area contributed by atoms with Crippen LogP contribution in [0.4, 0.5) is 10.5 Å². The molecule has 0 aliphatic rings. The Labute approximate surface area is 130 Å². The number of nitrogens with one attached hydrogen (secondary N) is 1. The molecular formula is C17H20N4O. The predicted octanol–water partition coefficient (Wildman–Crippen LogP) is 3.34. The normalized spacial score (nSPS) is 10.3. The number of benzene rings is 1. The van der Waals surface area contributed by atoms with Crippen molar-refractivity contribution in [1.29, 1.82) is 5.26 Å². The third-order valence-electron chi connectivity index (χ3n) is 3.51. The van der Waals surface area contributed by atoms with Gasteiger partial charge >= 0.3 is 6.03 Å². The van der Waals surface area contributed by atoms with E-state index in [4.69, 9.17) is 5.26 Å². The first-order valence-corrected chi connectivity index (χ1v) is 7.19. The van der Waals surface area contributed by atoms with Crippen LogP contribution in [0, 0.1) is 11.3 Å². The van der Waals surface area contributed by atoms with E-state index < -0.39 is 0 Å². The number of carbonyl (C=O) groups excluding carboxylic acids is 1. The van der Waals surface area contributed by atoms with E-state index in [-0.39, 0.29) is 12.1 Å². The van der Waals surface area contributed by atoms with Gasteiger partial charge in [-0.15, -0.1) is 0 Å². The number of hydrogen-bond acceptors (Lipinski definition) is 2. The minimum absolute atomic E-state index is 0.0639. The smallest absolute Gasteiger partial charge is 0.322 e. The molecule has 2 amide bonds. The van der Waals surface area contributed by atoms with Crippen LogP contribution in [0.15, 0.2) is 42.6 Å². The number of amides is 2. The van der Waals surface area contributed by atoms with Crippen LogP contribution in [0.2, 0.25) is 0 Å². The van der Waals surface area contributed by atoms with Crippen LogP contribution < -0.4 is 5.32 Å². The van der Waals surface area contributed by atoms with Crippen molar-refractivity contribution in [3.8, 4) is 6.07 Å². The summed E-state index contributed by atoms with van der Waals surface area (Å²) in [5.74, 6) is 0. The Morgan fingerprint density at radius 2 is 2.14 bits per heavy atom. The summed E-state index contributed by atoms with van der Waals surface area (Å²) in [6.07, 6.45) is 1.96. The lowest BCUT2D eigenvalue weighted by atomic mass is 10.2. The minimum atomic E-state index is -0.175.